The molecule has 1 aromatic rings. The quantitative estimate of drug-likeness (QED) is 0.628. The van der Waals surface area contributed by atoms with Gasteiger partial charge in [0, 0.05) is 18.7 Å². The van der Waals surface area contributed by atoms with Gasteiger partial charge in [-0.05, 0) is 50.9 Å². The second-order valence-electron chi connectivity index (χ2n) is 4.81. The summed E-state index contributed by atoms with van der Waals surface area (Å²) < 4.78 is 0. The molecule has 0 unspecified atom stereocenters. The van der Waals surface area contributed by atoms with Gasteiger partial charge in [-0.2, -0.15) is 0 Å². The van der Waals surface area contributed by atoms with E-state index in [1.807, 2.05) is 32.0 Å². The van der Waals surface area contributed by atoms with E-state index in [4.69, 9.17) is 5.73 Å². The third-order valence-corrected chi connectivity index (χ3v) is 3.08. The summed E-state index contributed by atoms with van der Waals surface area (Å²) in [5, 5.41) is 6.23. The average molecular weight is 263 g/mol. The molecule has 1 rings (SSSR count). The first-order valence-corrected chi connectivity index (χ1v) is 6.92. The van der Waals surface area contributed by atoms with E-state index < -0.39 is 0 Å². The highest BCUT2D eigenvalue weighted by Gasteiger charge is 2.06. The van der Waals surface area contributed by atoms with Gasteiger partial charge in [-0.15, -0.1) is 0 Å². The van der Waals surface area contributed by atoms with Crippen LogP contribution in [-0.4, -0.2) is 25.5 Å². The molecule has 0 fully saturated rings. The van der Waals surface area contributed by atoms with Gasteiger partial charge in [0.05, 0.1) is 0 Å². The Labute approximate surface area is 115 Å². The highest BCUT2D eigenvalue weighted by atomic mass is 16.1. The second-order valence-corrected chi connectivity index (χ2v) is 4.81. The summed E-state index contributed by atoms with van der Waals surface area (Å²) in [5.41, 5.74) is 8.56. The SMILES string of the molecule is Cc1cccc(C)c1NC(=O)CCNCCCCN. The Hall–Kier alpha value is -1.39. The molecule has 0 aliphatic carbocycles. The van der Waals surface area contributed by atoms with Gasteiger partial charge >= 0.3 is 0 Å². The number of carbonyl (C=O) groups is 1. The van der Waals surface area contributed by atoms with E-state index >= 15 is 0 Å². The maximum Gasteiger partial charge on any atom is 0.225 e. The van der Waals surface area contributed by atoms with E-state index in [1.165, 1.54) is 0 Å². The summed E-state index contributed by atoms with van der Waals surface area (Å²) in [6, 6.07) is 6.01. The third kappa shape index (κ3) is 5.85. The van der Waals surface area contributed by atoms with Gasteiger partial charge < -0.3 is 16.4 Å². The van der Waals surface area contributed by atoms with E-state index in [1.54, 1.807) is 0 Å². The highest BCUT2D eigenvalue weighted by molar-refractivity contribution is 5.92. The van der Waals surface area contributed by atoms with Crippen LogP contribution in [-0.2, 0) is 4.79 Å². The number of carbonyl (C=O) groups excluding carboxylic acids is 1. The molecule has 0 heterocycles. The smallest absolute Gasteiger partial charge is 0.225 e. The fourth-order valence-corrected chi connectivity index (χ4v) is 1.93. The average Bonchev–Trinajstić information content (AvgIpc) is 2.38. The van der Waals surface area contributed by atoms with Gasteiger partial charge in [0.25, 0.3) is 0 Å². The van der Waals surface area contributed by atoms with Crippen molar-refractivity contribution in [3.8, 4) is 0 Å². The zero-order valence-electron chi connectivity index (χ0n) is 12.0. The Bertz CT molecular complexity index is 384. The number of nitrogens with two attached hydrogens (primary N) is 1. The standard InChI is InChI=1S/C15H25N3O/c1-12-6-5-7-13(2)15(12)18-14(19)8-11-17-10-4-3-9-16/h5-7,17H,3-4,8-11,16H2,1-2H3,(H,18,19). The van der Waals surface area contributed by atoms with Crippen LogP contribution in [0.4, 0.5) is 5.69 Å². The number of rotatable bonds is 8. The van der Waals surface area contributed by atoms with Crippen LogP contribution in [0.15, 0.2) is 18.2 Å². The van der Waals surface area contributed by atoms with E-state index in [0.29, 0.717) is 13.0 Å². The summed E-state index contributed by atoms with van der Waals surface area (Å²) in [6.45, 7) is 6.38. The lowest BCUT2D eigenvalue weighted by Gasteiger charge is -2.11. The number of nitrogens with one attached hydrogen (secondary N) is 2. The van der Waals surface area contributed by atoms with Crippen molar-refractivity contribution in [1.82, 2.24) is 5.32 Å². The lowest BCUT2D eigenvalue weighted by Crippen LogP contribution is -2.23. The van der Waals surface area contributed by atoms with Crippen molar-refractivity contribution in [2.45, 2.75) is 33.1 Å². The second kappa shape index (κ2) is 8.67. The molecule has 106 valence electrons. The van der Waals surface area contributed by atoms with Crippen molar-refractivity contribution in [3.05, 3.63) is 29.3 Å². The molecule has 4 N–H and O–H groups in total. The van der Waals surface area contributed by atoms with Crippen LogP contribution >= 0.6 is 0 Å². The highest BCUT2D eigenvalue weighted by Crippen LogP contribution is 2.19. The van der Waals surface area contributed by atoms with Crippen molar-refractivity contribution >= 4 is 11.6 Å². The normalized spacial score (nSPS) is 10.5. The van der Waals surface area contributed by atoms with Crippen LogP contribution in [0, 0.1) is 13.8 Å². The minimum atomic E-state index is 0.0590. The van der Waals surface area contributed by atoms with Crippen molar-refractivity contribution < 1.29 is 4.79 Å². The summed E-state index contributed by atoms with van der Waals surface area (Å²) in [5.74, 6) is 0.0590. The molecule has 0 atom stereocenters. The van der Waals surface area contributed by atoms with E-state index in [0.717, 1.165) is 42.7 Å². The Morgan fingerprint density at radius 2 is 1.84 bits per heavy atom. The molecule has 1 aromatic carbocycles. The molecule has 0 spiro atoms. The van der Waals surface area contributed by atoms with Crippen molar-refractivity contribution in [1.29, 1.82) is 0 Å². The lowest BCUT2D eigenvalue weighted by molar-refractivity contribution is -0.116. The lowest BCUT2D eigenvalue weighted by atomic mass is 10.1. The topological polar surface area (TPSA) is 67.2 Å². The number of para-hydroxylation sites is 1. The summed E-state index contributed by atoms with van der Waals surface area (Å²) in [7, 11) is 0. The molecule has 0 saturated heterocycles. The van der Waals surface area contributed by atoms with Gasteiger partial charge in [0.2, 0.25) is 5.91 Å². The van der Waals surface area contributed by atoms with Crippen molar-refractivity contribution in [2.24, 2.45) is 5.73 Å². The van der Waals surface area contributed by atoms with E-state index in [-0.39, 0.29) is 5.91 Å². The van der Waals surface area contributed by atoms with Crippen molar-refractivity contribution in [2.75, 3.05) is 25.0 Å². The Morgan fingerprint density at radius 3 is 2.47 bits per heavy atom. The Balaban J connectivity index is 2.28. The molecule has 0 bridgehead atoms. The minimum Gasteiger partial charge on any atom is -0.330 e. The third-order valence-electron chi connectivity index (χ3n) is 3.08. The minimum absolute atomic E-state index is 0.0590. The molecule has 0 aliphatic rings. The number of aryl methyl sites for hydroxylation is 2. The largest absolute Gasteiger partial charge is 0.330 e. The number of amides is 1. The van der Waals surface area contributed by atoms with Crippen LogP contribution in [0.5, 0.6) is 0 Å². The molecule has 0 saturated carbocycles. The van der Waals surface area contributed by atoms with Crippen molar-refractivity contribution in [3.63, 3.8) is 0 Å². The molecule has 0 aliphatic heterocycles. The first-order valence-electron chi connectivity index (χ1n) is 6.92. The van der Waals surface area contributed by atoms with Crippen LogP contribution in [0.1, 0.15) is 30.4 Å². The molecule has 1 amide bonds. The van der Waals surface area contributed by atoms with E-state index in [2.05, 4.69) is 10.6 Å². The monoisotopic (exact) mass is 263 g/mol. The molecule has 19 heavy (non-hydrogen) atoms. The van der Waals surface area contributed by atoms with Crippen LogP contribution in [0.3, 0.4) is 0 Å². The van der Waals surface area contributed by atoms with Gasteiger partial charge in [-0.25, -0.2) is 0 Å². The Morgan fingerprint density at radius 1 is 1.16 bits per heavy atom. The molecular weight excluding hydrogens is 238 g/mol. The zero-order valence-corrected chi connectivity index (χ0v) is 12.0. The first-order chi connectivity index (χ1) is 9.15. The molecule has 0 radical (unpaired) electrons. The summed E-state index contributed by atoms with van der Waals surface area (Å²) >= 11 is 0. The number of unbranched alkanes of at least 4 members (excludes halogenated alkanes) is 1. The maximum absolute atomic E-state index is 11.8. The number of benzene rings is 1. The number of hydrogen-bond donors (Lipinski definition) is 3. The summed E-state index contributed by atoms with van der Waals surface area (Å²) in [6.07, 6.45) is 2.59. The molecule has 0 aromatic heterocycles. The number of hydrogen-bond acceptors (Lipinski definition) is 3. The van der Waals surface area contributed by atoms with Gasteiger partial charge in [-0.3, -0.25) is 4.79 Å². The van der Waals surface area contributed by atoms with Gasteiger partial charge in [-0.1, -0.05) is 18.2 Å². The first kappa shape index (κ1) is 15.7. The fraction of sp³-hybridized carbons (Fsp3) is 0.533. The van der Waals surface area contributed by atoms with Gasteiger partial charge in [0.15, 0.2) is 0 Å². The van der Waals surface area contributed by atoms with Crippen LogP contribution in [0.2, 0.25) is 0 Å². The van der Waals surface area contributed by atoms with Crippen LogP contribution in [0.25, 0.3) is 0 Å². The molecule has 4 heteroatoms. The van der Waals surface area contributed by atoms with Crippen LogP contribution < -0.4 is 16.4 Å². The predicted octanol–water partition coefficient (Wildman–Crippen LogP) is 1.96. The Kier molecular flexibility index (Phi) is 7.15. The fourth-order valence-electron chi connectivity index (χ4n) is 1.93. The van der Waals surface area contributed by atoms with Gasteiger partial charge in [0.1, 0.15) is 0 Å². The maximum atomic E-state index is 11.8. The molecule has 4 nitrogen and oxygen atoms in total. The molecular formula is C15H25N3O. The summed E-state index contributed by atoms with van der Waals surface area (Å²) in [4.78, 5) is 11.8. The number of anilines is 1. The predicted molar refractivity (Wildman–Crippen MR) is 80.3 cm³/mol. The zero-order chi connectivity index (χ0) is 14.1. The van der Waals surface area contributed by atoms with E-state index in [9.17, 15) is 4.79 Å².